The number of nitrogens with one attached hydrogen (secondary N) is 1. The normalized spacial score (nSPS) is 16.9. The Balaban J connectivity index is 1.84. The molecule has 0 radical (unpaired) electrons. The molecule has 1 aromatic carbocycles. The van der Waals surface area contributed by atoms with Crippen molar-refractivity contribution < 1.29 is 27.5 Å². The number of piperidine rings is 1. The number of benzene rings is 1. The molecule has 1 saturated heterocycles. The molecule has 1 aromatic heterocycles. The first-order valence-corrected chi connectivity index (χ1v) is 12.8. The molecular weight excluding hydrogens is 466 g/mol. The fourth-order valence-electron chi connectivity index (χ4n) is 3.97. The SMILES string of the molecule is CCC1CCCCN1S(=O)(=O)c1ccc(C(=O)Nc2sc(C(=O)OC)c(C)c2C(N)=O)cc1. The van der Waals surface area contributed by atoms with E-state index in [1.54, 1.807) is 11.2 Å². The summed E-state index contributed by atoms with van der Waals surface area (Å²) in [7, 11) is -2.45. The Bertz CT molecular complexity index is 1170. The summed E-state index contributed by atoms with van der Waals surface area (Å²) in [5, 5.41) is 2.72. The maximum atomic E-state index is 13.1. The Labute approximate surface area is 197 Å². The Kier molecular flexibility index (Phi) is 7.55. The van der Waals surface area contributed by atoms with Crippen molar-refractivity contribution in [2.75, 3.05) is 19.0 Å². The van der Waals surface area contributed by atoms with Crippen LogP contribution < -0.4 is 11.1 Å². The molecule has 1 aliphatic heterocycles. The molecule has 0 spiro atoms. The summed E-state index contributed by atoms with van der Waals surface area (Å²) < 4.78 is 32.5. The maximum Gasteiger partial charge on any atom is 0.348 e. The first kappa shape index (κ1) is 24.9. The van der Waals surface area contributed by atoms with Crippen molar-refractivity contribution in [1.82, 2.24) is 4.31 Å². The first-order valence-electron chi connectivity index (χ1n) is 10.6. The Morgan fingerprint density at radius 2 is 1.88 bits per heavy atom. The zero-order valence-corrected chi connectivity index (χ0v) is 20.3. The molecular formula is C22H27N3O6S2. The molecule has 3 N–H and O–H groups in total. The molecule has 33 heavy (non-hydrogen) atoms. The summed E-state index contributed by atoms with van der Waals surface area (Å²) in [6.45, 7) is 4.01. The average molecular weight is 494 g/mol. The van der Waals surface area contributed by atoms with Gasteiger partial charge in [0, 0.05) is 18.2 Å². The lowest BCUT2D eigenvalue weighted by atomic mass is 10.0. The van der Waals surface area contributed by atoms with E-state index in [1.165, 1.54) is 31.4 Å². The lowest BCUT2D eigenvalue weighted by molar-refractivity contribution is 0.0605. The number of thiophene rings is 1. The van der Waals surface area contributed by atoms with Gasteiger partial charge in [-0.15, -0.1) is 11.3 Å². The largest absolute Gasteiger partial charge is 0.465 e. The number of hydrogen-bond acceptors (Lipinski definition) is 7. The molecule has 0 aliphatic carbocycles. The van der Waals surface area contributed by atoms with E-state index < -0.39 is 27.8 Å². The van der Waals surface area contributed by atoms with Gasteiger partial charge in [0.05, 0.1) is 17.6 Å². The van der Waals surface area contributed by atoms with E-state index in [1.807, 2.05) is 6.92 Å². The van der Waals surface area contributed by atoms with Crippen molar-refractivity contribution in [1.29, 1.82) is 0 Å². The highest BCUT2D eigenvalue weighted by Gasteiger charge is 2.32. The number of anilines is 1. The second-order valence-electron chi connectivity index (χ2n) is 7.77. The summed E-state index contributed by atoms with van der Waals surface area (Å²) in [6, 6.07) is 5.61. The average Bonchev–Trinajstić information content (AvgIpc) is 3.14. The van der Waals surface area contributed by atoms with E-state index in [0.717, 1.165) is 37.0 Å². The summed E-state index contributed by atoms with van der Waals surface area (Å²) in [5.74, 6) is -2.00. The van der Waals surface area contributed by atoms with Gasteiger partial charge in [-0.3, -0.25) is 9.59 Å². The van der Waals surface area contributed by atoms with Crippen LogP contribution in [0.3, 0.4) is 0 Å². The smallest absolute Gasteiger partial charge is 0.348 e. The predicted molar refractivity (Wildman–Crippen MR) is 125 cm³/mol. The van der Waals surface area contributed by atoms with Crippen LogP contribution in [0, 0.1) is 6.92 Å². The number of hydrogen-bond donors (Lipinski definition) is 2. The minimum atomic E-state index is -3.67. The topological polar surface area (TPSA) is 136 Å². The summed E-state index contributed by atoms with van der Waals surface area (Å²) in [4.78, 5) is 36.9. The van der Waals surface area contributed by atoms with Gasteiger partial charge in [0.25, 0.3) is 11.8 Å². The van der Waals surface area contributed by atoms with Crippen molar-refractivity contribution in [3.63, 3.8) is 0 Å². The van der Waals surface area contributed by atoms with Crippen LogP contribution in [0.4, 0.5) is 5.00 Å². The quantitative estimate of drug-likeness (QED) is 0.569. The van der Waals surface area contributed by atoms with E-state index in [9.17, 15) is 22.8 Å². The Morgan fingerprint density at radius 1 is 1.21 bits per heavy atom. The Hall–Kier alpha value is -2.76. The molecule has 2 aromatic rings. The molecule has 1 unspecified atom stereocenters. The van der Waals surface area contributed by atoms with Crippen LogP contribution in [0.25, 0.3) is 0 Å². The number of esters is 1. The van der Waals surface area contributed by atoms with Gasteiger partial charge >= 0.3 is 5.97 Å². The summed E-state index contributed by atoms with van der Waals surface area (Å²) >= 11 is 0.889. The van der Waals surface area contributed by atoms with Crippen LogP contribution in [0.2, 0.25) is 0 Å². The van der Waals surface area contributed by atoms with Gasteiger partial charge in [0.15, 0.2) is 0 Å². The van der Waals surface area contributed by atoms with Crippen molar-refractivity contribution in [2.45, 2.75) is 50.5 Å². The van der Waals surface area contributed by atoms with Crippen molar-refractivity contribution in [2.24, 2.45) is 5.73 Å². The number of carbonyl (C=O) groups excluding carboxylic acids is 3. The molecule has 3 rings (SSSR count). The fourth-order valence-corrected chi connectivity index (χ4v) is 6.87. The lowest BCUT2D eigenvalue weighted by Gasteiger charge is -2.34. The zero-order valence-electron chi connectivity index (χ0n) is 18.7. The van der Waals surface area contributed by atoms with Crippen molar-refractivity contribution in [3.8, 4) is 0 Å². The molecule has 11 heteroatoms. The van der Waals surface area contributed by atoms with E-state index >= 15 is 0 Å². The van der Waals surface area contributed by atoms with E-state index in [2.05, 4.69) is 5.32 Å². The number of ether oxygens (including phenoxy) is 1. The molecule has 9 nitrogen and oxygen atoms in total. The first-order chi connectivity index (χ1) is 15.6. The minimum Gasteiger partial charge on any atom is -0.465 e. The van der Waals surface area contributed by atoms with Gasteiger partial charge in [-0.2, -0.15) is 4.31 Å². The van der Waals surface area contributed by atoms with Gasteiger partial charge in [0.2, 0.25) is 10.0 Å². The third-order valence-corrected chi connectivity index (χ3v) is 8.91. The highest BCUT2D eigenvalue weighted by molar-refractivity contribution is 7.89. The summed E-state index contributed by atoms with van der Waals surface area (Å²) in [5.41, 5.74) is 5.99. The fraction of sp³-hybridized carbons (Fsp3) is 0.409. The van der Waals surface area contributed by atoms with E-state index in [-0.39, 0.29) is 31.9 Å². The number of carbonyl (C=O) groups is 3. The number of nitrogens with two attached hydrogens (primary N) is 1. The van der Waals surface area contributed by atoms with Gasteiger partial charge in [-0.25, -0.2) is 13.2 Å². The van der Waals surface area contributed by atoms with Gasteiger partial charge in [-0.1, -0.05) is 13.3 Å². The molecule has 0 bridgehead atoms. The zero-order chi connectivity index (χ0) is 24.3. The molecule has 1 fully saturated rings. The van der Waals surface area contributed by atoms with Gasteiger partial charge < -0.3 is 15.8 Å². The molecule has 1 aliphatic rings. The number of nitrogens with zero attached hydrogens (tertiary/aromatic N) is 1. The second kappa shape index (κ2) is 10.0. The summed E-state index contributed by atoms with van der Waals surface area (Å²) in [6.07, 6.45) is 3.42. The minimum absolute atomic E-state index is 0.0231. The lowest BCUT2D eigenvalue weighted by Crippen LogP contribution is -2.43. The number of methoxy groups -OCH3 is 1. The predicted octanol–water partition coefficient (Wildman–Crippen LogP) is 3.15. The van der Waals surface area contributed by atoms with E-state index in [0.29, 0.717) is 12.1 Å². The number of sulfonamides is 1. The molecule has 178 valence electrons. The van der Waals surface area contributed by atoms with Crippen molar-refractivity contribution in [3.05, 3.63) is 45.8 Å². The van der Waals surface area contributed by atoms with Gasteiger partial charge in [0.1, 0.15) is 9.88 Å². The Morgan fingerprint density at radius 3 is 2.45 bits per heavy atom. The van der Waals surface area contributed by atoms with Crippen LogP contribution in [-0.4, -0.2) is 50.2 Å². The number of rotatable bonds is 7. The molecule has 0 saturated carbocycles. The highest BCUT2D eigenvalue weighted by atomic mass is 32.2. The molecule has 2 heterocycles. The van der Waals surface area contributed by atoms with Crippen molar-refractivity contribution >= 4 is 44.1 Å². The number of primary amides is 1. The molecule has 1 atom stereocenters. The van der Waals surface area contributed by atoms with Crippen LogP contribution in [-0.2, 0) is 14.8 Å². The third-order valence-electron chi connectivity index (χ3n) is 5.76. The highest BCUT2D eigenvalue weighted by Crippen LogP contribution is 2.34. The van der Waals surface area contributed by atoms with Crippen LogP contribution in [0.15, 0.2) is 29.2 Å². The number of amides is 2. The monoisotopic (exact) mass is 493 g/mol. The van der Waals surface area contributed by atoms with Crippen LogP contribution >= 0.6 is 11.3 Å². The van der Waals surface area contributed by atoms with Crippen LogP contribution in [0.1, 0.15) is 68.6 Å². The third kappa shape index (κ3) is 4.94. The van der Waals surface area contributed by atoms with Crippen LogP contribution in [0.5, 0.6) is 0 Å². The van der Waals surface area contributed by atoms with E-state index in [4.69, 9.17) is 10.5 Å². The standard InChI is InChI=1S/C22H27N3O6S2/c1-4-15-7-5-6-12-25(15)33(29,30)16-10-8-14(9-11-16)20(27)24-21-17(19(23)26)13(2)18(32-21)22(28)31-3/h8-11,15H,4-7,12H2,1-3H3,(H2,23,26)(H,24,27). The molecule has 2 amide bonds. The van der Waals surface area contributed by atoms with Gasteiger partial charge in [-0.05, 0) is 56.0 Å². The maximum absolute atomic E-state index is 13.1. The second-order valence-corrected chi connectivity index (χ2v) is 10.7.